The van der Waals surface area contributed by atoms with Gasteiger partial charge < -0.3 is 5.32 Å². The van der Waals surface area contributed by atoms with Crippen molar-refractivity contribution in [2.45, 2.75) is 19.4 Å². The Morgan fingerprint density at radius 2 is 2.05 bits per heavy atom. The normalized spacial score (nSPS) is 18.3. The van der Waals surface area contributed by atoms with Crippen molar-refractivity contribution in [2.75, 3.05) is 26.2 Å². The first-order chi connectivity index (χ1) is 9.08. The Morgan fingerprint density at radius 1 is 1.37 bits per heavy atom. The summed E-state index contributed by atoms with van der Waals surface area (Å²) in [5.41, 5.74) is 1.57. The number of nitrogens with one attached hydrogen (secondary N) is 1. The number of halogens is 2. The van der Waals surface area contributed by atoms with Gasteiger partial charge in [-0.25, -0.2) is 8.78 Å². The van der Waals surface area contributed by atoms with Gasteiger partial charge in [0.15, 0.2) is 0 Å². The fourth-order valence-corrected chi connectivity index (χ4v) is 2.53. The van der Waals surface area contributed by atoms with Gasteiger partial charge in [-0.1, -0.05) is 11.6 Å². The van der Waals surface area contributed by atoms with E-state index >= 15 is 0 Å². The summed E-state index contributed by atoms with van der Waals surface area (Å²) >= 11 is 0. The lowest BCUT2D eigenvalue weighted by Crippen LogP contribution is -2.45. The van der Waals surface area contributed by atoms with Crippen LogP contribution < -0.4 is 5.32 Å². The average Bonchev–Trinajstić information content (AvgIpc) is 2.37. The standard InChI is InChI=1S/C15H20F2N2/c1-11(2)9-15(19-7-5-18-6-8-19)13-4-3-12(16)10-14(13)17/h3-4,10,15,18H,1,5-9H2,2H3/t15-/m1/s1. The van der Waals surface area contributed by atoms with Gasteiger partial charge in [0.2, 0.25) is 0 Å². The quantitative estimate of drug-likeness (QED) is 0.843. The van der Waals surface area contributed by atoms with Crippen LogP contribution in [0.3, 0.4) is 0 Å². The predicted octanol–water partition coefficient (Wildman–Crippen LogP) is 2.88. The zero-order valence-corrected chi connectivity index (χ0v) is 11.3. The molecule has 19 heavy (non-hydrogen) atoms. The van der Waals surface area contributed by atoms with E-state index in [0.717, 1.165) is 37.8 Å². The van der Waals surface area contributed by atoms with Crippen molar-refractivity contribution < 1.29 is 8.78 Å². The molecule has 0 aliphatic carbocycles. The molecule has 1 aliphatic rings. The van der Waals surface area contributed by atoms with E-state index < -0.39 is 11.6 Å². The number of hydrogen-bond acceptors (Lipinski definition) is 2. The summed E-state index contributed by atoms with van der Waals surface area (Å²) in [4.78, 5) is 2.24. The third-order valence-electron chi connectivity index (χ3n) is 3.46. The average molecular weight is 266 g/mol. The number of nitrogens with zero attached hydrogens (tertiary/aromatic N) is 1. The molecule has 1 aromatic rings. The first-order valence-corrected chi connectivity index (χ1v) is 6.62. The first kappa shape index (κ1) is 14.2. The van der Waals surface area contributed by atoms with Gasteiger partial charge in [-0.2, -0.15) is 0 Å². The van der Waals surface area contributed by atoms with Crippen molar-refractivity contribution in [2.24, 2.45) is 0 Å². The molecule has 0 aromatic heterocycles. The van der Waals surface area contributed by atoms with Crippen LogP contribution in [0.5, 0.6) is 0 Å². The van der Waals surface area contributed by atoms with Crippen LogP contribution in [0.25, 0.3) is 0 Å². The van der Waals surface area contributed by atoms with Gasteiger partial charge >= 0.3 is 0 Å². The fourth-order valence-electron chi connectivity index (χ4n) is 2.53. The van der Waals surface area contributed by atoms with Crippen molar-refractivity contribution in [1.29, 1.82) is 0 Å². The van der Waals surface area contributed by atoms with Crippen molar-refractivity contribution in [3.05, 3.63) is 47.5 Å². The maximum atomic E-state index is 14.0. The summed E-state index contributed by atoms with van der Waals surface area (Å²) in [6.07, 6.45) is 0.697. The smallest absolute Gasteiger partial charge is 0.130 e. The Labute approximate surface area is 113 Å². The van der Waals surface area contributed by atoms with E-state index in [-0.39, 0.29) is 6.04 Å². The maximum Gasteiger partial charge on any atom is 0.130 e. The first-order valence-electron chi connectivity index (χ1n) is 6.62. The second-order valence-corrected chi connectivity index (χ2v) is 5.13. The molecular formula is C15H20F2N2. The summed E-state index contributed by atoms with van der Waals surface area (Å²) in [7, 11) is 0. The highest BCUT2D eigenvalue weighted by Crippen LogP contribution is 2.29. The number of hydrogen-bond donors (Lipinski definition) is 1. The van der Waals surface area contributed by atoms with Crippen LogP contribution in [0.1, 0.15) is 24.9 Å². The van der Waals surface area contributed by atoms with Gasteiger partial charge in [0.05, 0.1) is 0 Å². The third-order valence-corrected chi connectivity index (χ3v) is 3.46. The van der Waals surface area contributed by atoms with Crippen molar-refractivity contribution in [1.82, 2.24) is 10.2 Å². The molecule has 1 heterocycles. The van der Waals surface area contributed by atoms with Crippen molar-refractivity contribution in [3.8, 4) is 0 Å². The molecule has 2 nitrogen and oxygen atoms in total. The molecule has 1 saturated heterocycles. The molecule has 104 valence electrons. The molecule has 0 spiro atoms. The Hall–Kier alpha value is -1.26. The molecule has 0 radical (unpaired) electrons. The van der Waals surface area contributed by atoms with Gasteiger partial charge in [0.25, 0.3) is 0 Å². The van der Waals surface area contributed by atoms with Crippen LogP contribution in [0, 0.1) is 11.6 Å². The molecule has 0 bridgehead atoms. The lowest BCUT2D eigenvalue weighted by molar-refractivity contribution is 0.169. The number of rotatable bonds is 4. The van der Waals surface area contributed by atoms with E-state index in [2.05, 4.69) is 16.8 Å². The largest absolute Gasteiger partial charge is 0.314 e. The van der Waals surface area contributed by atoms with Crippen LogP contribution >= 0.6 is 0 Å². The number of piperazine rings is 1. The highest BCUT2D eigenvalue weighted by Gasteiger charge is 2.24. The van der Waals surface area contributed by atoms with Crippen LogP contribution in [0.4, 0.5) is 8.78 Å². The Balaban J connectivity index is 2.27. The summed E-state index contributed by atoms with van der Waals surface area (Å²) < 4.78 is 27.0. The fraction of sp³-hybridized carbons (Fsp3) is 0.467. The molecule has 1 N–H and O–H groups in total. The summed E-state index contributed by atoms with van der Waals surface area (Å²) in [5, 5.41) is 3.28. The summed E-state index contributed by atoms with van der Waals surface area (Å²) in [5.74, 6) is -1.000. The topological polar surface area (TPSA) is 15.3 Å². The molecule has 0 saturated carbocycles. The zero-order chi connectivity index (χ0) is 13.8. The van der Waals surface area contributed by atoms with Gasteiger partial charge in [-0.3, -0.25) is 4.90 Å². The SMILES string of the molecule is C=C(C)C[C@H](c1ccc(F)cc1F)N1CCNCC1. The van der Waals surface area contributed by atoms with E-state index in [1.807, 2.05) is 6.92 Å². The Kier molecular flexibility index (Phi) is 4.66. The monoisotopic (exact) mass is 266 g/mol. The summed E-state index contributed by atoms with van der Waals surface area (Å²) in [6.45, 7) is 9.40. The molecule has 1 fully saturated rings. The molecule has 1 aromatic carbocycles. The minimum absolute atomic E-state index is 0.0554. The van der Waals surface area contributed by atoms with Gasteiger partial charge in [0.1, 0.15) is 11.6 Å². The molecular weight excluding hydrogens is 246 g/mol. The molecule has 0 unspecified atom stereocenters. The second kappa shape index (κ2) is 6.26. The van der Waals surface area contributed by atoms with E-state index in [1.54, 1.807) is 6.07 Å². The predicted molar refractivity (Wildman–Crippen MR) is 73.0 cm³/mol. The Morgan fingerprint density at radius 3 is 2.63 bits per heavy atom. The van der Waals surface area contributed by atoms with Crippen LogP contribution in [-0.2, 0) is 0 Å². The molecule has 2 rings (SSSR count). The molecule has 0 amide bonds. The van der Waals surface area contributed by atoms with Gasteiger partial charge in [-0.05, 0) is 19.4 Å². The number of benzene rings is 1. The van der Waals surface area contributed by atoms with E-state index in [9.17, 15) is 8.78 Å². The third kappa shape index (κ3) is 3.61. The van der Waals surface area contributed by atoms with E-state index in [1.165, 1.54) is 6.07 Å². The highest BCUT2D eigenvalue weighted by molar-refractivity contribution is 5.24. The van der Waals surface area contributed by atoms with Gasteiger partial charge in [0, 0.05) is 43.9 Å². The summed E-state index contributed by atoms with van der Waals surface area (Å²) in [6, 6.07) is 3.79. The minimum Gasteiger partial charge on any atom is -0.314 e. The van der Waals surface area contributed by atoms with E-state index in [4.69, 9.17) is 0 Å². The van der Waals surface area contributed by atoms with Gasteiger partial charge in [-0.15, -0.1) is 6.58 Å². The van der Waals surface area contributed by atoms with Crippen LogP contribution in [-0.4, -0.2) is 31.1 Å². The minimum atomic E-state index is -0.532. The highest BCUT2D eigenvalue weighted by atomic mass is 19.1. The van der Waals surface area contributed by atoms with Crippen molar-refractivity contribution >= 4 is 0 Å². The van der Waals surface area contributed by atoms with Crippen LogP contribution in [0.15, 0.2) is 30.4 Å². The lowest BCUT2D eigenvalue weighted by Gasteiger charge is -2.35. The zero-order valence-electron chi connectivity index (χ0n) is 11.3. The molecule has 4 heteroatoms. The second-order valence-electron chi connectivity index (χ2n) is 5.13. The maximum absolute atomic E-state index is 14.0. The molecule has 1 atom stereocenters. The lowest BCUT2D eigenvalue weighted by atomic mass is 9.97. The molecule has 1 aliphatic heterocycles. The van der Waals surface area contributed by atoms with E-state index in [0.29, 0.717) is 12.0 Å². The van der Waals surface area contributed by atoms with Crippen molar-refractivity contribution in [3.63, 3.8) is 0 Å². The Bertz CT molecular complexity index is 453. The van der Waals surface area contributed by atoms with Crippen LogP contribution in [0.2, 0.25) is 0 Å².